The number of carbonyl (C=O) groups is 2. The molecule has 31 heavy (non-hydrogen) atoms. The smallest absolute Gasteiger partial charge is 0.254 e. The molecule has 1 aromatic carbocycles. The number of pyridine rings is 1. The van der Waals surface area contributed by atoms with Gasteiger partial charge >= 0.3 is 0 Å². The van der Waals surface area contributed by atoms with Crippen LogP contribution in [0.5, 0.6) is 17.2 Å². The maximum absolute atomic E-state index is 13.2. The molecule has 7 nitrogen and oxygen atoms in total. The largest absolute Gasteiger partial charge is 0.494 e. The van der Waals surface area contributed by atoms with Gasteiger partial charge in [-0.15, -0.1) is 0 Å². The lowest BCUT2D eigenvalue weighted by Gasteiger charge is -2.34. The Bertz CT molecular complexity index is 919. The normalized spacial score (nSPS) is 15.4. The molecule has 0 spiro atoms. The molecule has 1 amide bonds. The van der Waals surface area contributed by atoms with Gasteiger partial charge in [-0.2, -0.15) is 0 Å². The first-order valence-electron chi connectivity index (χ1n) is 10.3. The molecule has 3 rings (SSSR count). The molecule has 2 heterocycles. The molecule has 1 aromatic heterocycles. The fraction of sp³-hybridized carbons (Fsp3) is 0.435. The number of aromatic nitrogens is 1. The molecule has 0 bridgehead atoms. The number of hydrogen-bond acceptors (Lipinski definition) is 6. The van der Waals surface area contributed by atoms with Gasteiger partial charge in [-0.05, 0) is 65.5 Å². The van der Waals surface area contributed by atoms with Gasteiger partial charge < -0.3 is 19.1 Å². The van der Waals surface area contributed by atoms with Crippen LogP contribution < -0.4 is 14.2 Å². The van der Waals surface area contributed by atoms with Gasteiger partial charge in [-0.25, -0.2) is 4.98 Å². The van der Waals surface area contributed by atoms with Crippen molar-refractivity contribution in [3.63, 3.8) is 0 Å². The summed E-state index contributed by atoms with van der Waals surface area (Å²) in [6.45, 7) is 4.51. The van der Waals surface area contributed by atoms with E-state index in [9.17, 15) is 9.59 Å². The molecule has 8 heteroatoms. The lowest BCUT2D eigenvalue weighted by atomic mass is 9.95. The van der Waals surface area contributed by atoms with E-state index in [-0.39, 0.29) is 11.7 Å². The van der Waals surface area contributed by atoms with Gasteiger partial charge in [-0.3, -0.25) is 9.59 Å². The minimum atomic E-state index is -0.558. The van der Waals surface area contributed by atoms with Gasteiger partial charge in [0.2, 0.25) is 5.78 Å². The molecule has 0 N–H and O–H groups in total. The van der Waals surface area contributed by atoms with E-state index < -0.39 is 6.04 Å². The monoisotopic (exact) mass is 492 g/mol. The SMILES string of the molecule is CC.COc1ccc(C(=O)N2CCCCC2C(=O)c2ccc(OC)c(Br)n2)cc1OC. The number of halogens is 1. The summed E-state index contributed by atoms with van der Waals surface area (Å²) in [6.07, 6.45) is 2.33. The molecular formula is C23H29BrN2O5. The van der Waals surface area contributed by atoms with Gasteiger partial charge in [0.1, 0.15) is 10.3 Å². The molecule has 1 aliphatic heterocycles. The molecule has 1 aliphatic rings. The maximum atomic E-state index is 13.2. The number of carbonyl (C=O) groups excluding carboxylic acids is 2. The number of rotatable bonds is 6. The van der Waals surface area contributed by atoms with Crippen molar-refractivity contribution in [1.29, 1.82) is 0 Å². The van der Waals surface area contributed by atoms with E-state index in [1.54, 1.807) is 42.3 Å². The van der Waals surface area contributed by atoms with Crippen molar-refractivity contribution in [2.75, 3.05) is 27.9 Å². The zero-order valence-corrected chi connectivity index (χ0v) is 20.2. The number of ether oxygens (including phenoxy) is 3. The van der Waals surface area contributed by atoms with Crippen molar-refractivity contribution in [3.8, 4) is 17.2 Å². The molecule has 1 saturated heterocycles. The van der Waals surface area contributed by atoms with Gasteiger partial charge in [-0.1, -0.05) is 13.8 Å². The molecule has 0 radical (unpaired) electrons. The first-order valence-corrected chi connectivity index (χ1v) is 11.1. The third-order valence-electron chi connectivity index (χ3n) is 4.98. The highest BCUT2D eigenvalue weighted by Gasteiger charge is 2.34. The number of benzene rings is 1. The van der Waals surface area contributed by atoms with Crippen molar-refractivity contribution in [3.05, 3.63) is 46.2 Å². The summed E-state index contributed by atoms with van der Waals surface area (Å²) in [5.74, 6) is 1.17. The van der Waals surface area contributed by atoms with Crippen LogP contribution in [0.1, 0.15) is 54.0 Å². The van der Waals surface area contributed by atoms with Crippen LogP contribution in [0.25, 0.3) is 0 Å². The molecule has 1 atom stereocenters. The number of likely N-dealkylation sites (tertiary alicyclic amines) is 1. The van der Waals surface area contributed by atoms with Crippen molar-refractivity contribution in [2.24, 2.45) is 0 Å². The van der Waals surface area contributed by atoms with Crippen LogP contribution in [0.3, 0.4) is 0 Å². The quantitative estimate of drug-likeness (QED) is 0.426. The summed E-state index contributed by atoms with van der Waals surface area (Å²) in [5, 5.41) is 0. The van der Waals surface area contributed by atoms with Crippen molar-refractivity contribution in [1.82, 2.24) is 9.88 Å². The molecule has 168 valence electrons. The van der Waals surface area contributed by atoms with E-state index in [1.165, 1.54) is 14.2 Å². The lowest BCUT2D eigenvalue weighted by Crippen LogP contribution is -2.48. The molecule has 1 fully saturated rings. The Morgan fingerprint density at radius 2 is 1.61 bits per heavy atom. The second-order valence-electron chi connectivity index (χ2n) is 6.63. The van der Waals surface area contributed by atoms with Crippen LogP contribution in [0.4, 0.5) is 0 Å². The van der Waals surface area contributed by atoms with Gasteiger partial charge in [0.15, 0.2) is 17.2 Å². The number of piperidine rings is 1. The molecule has 0 aliphatic carbocycles. The van der Waals surface area contributed by atoms with Gasteiger partial charge in [0.05, 0.1) is 27.4 Å². The minimum Gasteiger partial charge on any atom is -0.494 e. The lowest BCUT2D eigenvalue weighted by molar-refractivity contribution is 0.0545. The van der Waals surface area contributed by atoms with Crippen molar-refractivity contribution in [2.45, 2.75) is 39.2 Å². The summed E-state index contributed by atoms with van der Waals surface area (Å²) in [4.78, 5) is 32.3. The zero-order valence-electron chi connectivity index (χ0n) is 18.6. The fourth-order valence-electron chi connectivity index (χ4n) is 3.46. The van der Waals surface area contributed by atoms with Gasteiger partial charge in [0, 0.05) is 12.1 Å². The molecular weight excluding hydrogens is 464 g/mol. The highest BCUT2D eigenvalue weighted by atomic mass is 79.9. The van der Waals surface area contributed by atoms with Crippen LogP contribution in [0.2, 0.25) is 0 Å². The van der Waals surface area contributed by atoms with Gasteiger partial charge in [0.25, 0.3) is 5.91 Å². The average Bonchev–Trinajstić information content (AvgIpc) is 2.83. The van der Waals surface area contributed by atoms with Crippen LogP contribution >= 0.6 is 15.9 Å². The standard InChI is InChI=1S/C21H23BrN2O5.C2H6/c1-27-16-9-7-13(12-18(16)29-3)21(26)24-11-5-4-6-15(24)19(25)14-8-10-17(28-2)20(22)23-14;1-2/h7-10,12,15H,4-6,11H2,1-3H3;1-2H3. The first kappa shape index (κ1) is 24.7. The van der Waals surface area contributed by atoms with Crippen LogP contribution in [0.15, 0.2) is 34.9 Å². The third kappa shape index (κ3) is 5.55. The Kier molecular flexibility index (Phi) is 9.30. The average molecular weight is 493 g/mol. The number of methoxy groups -OCH3 is 3. The highest BCUT2D eigenvalue weighted by Crippen LogP contribution is 2.30. The second-order valence-corrected chi connectivity index (χ2v) is 7.38. The van der Waals surface area contributed by atoms with E-state index in [0.29, 0.717) is 46.1 Å². The van der Waals surface area contributed by atoms with Crippen LogP contribution in [-0.2, 0) is 0 Å². The number of Topliss-reactive ketones (excluding diaryl/α,β-unsaturated/α-hetero) is 1. The summed E-state index contributed by atoms with van der Waals surface area (Å²) in [7, 11) is 4.60. The predicted octanol–water partition coefficient (Wildman–Crippen LogP) is 4.77. The Labute approximate surface area is 191 Å². The van der Waals surface area contributed by atoms with Crippen molar-refractivity contribution < 1.29 is 23.8 Å². The number of amides is 1. The Morgan fingerprint density at radius 3 is 2.23 bits per heavy atom. The molecule has 0 saturated carbocycles. The second kappa shape index (κ2) is 11.7. The van der Waals surface area contributed by atoms with E-state index in [2.05, 4.69) is 20.9 Å². The third-order valence-corrected chi connectivity index (χ3v) is 5.55. The number of ketones is 1. The van der Waals surface area contributed by atoms with Crippen molar-refractivity contribution >= 4 is 27.6 Å². The Hall–Kier alpha value is -2.61. The van der Waals surface area contributed by atoms with E-state index in [4.69, 9.17) is 14.2 Å². The van der Waals surface area contributed by atoms with E-state index >= 15 is 0 Å². The van der Waals surface area contributed by atoms with Crippen LogP contribution in [-0.4, -0.2) is 55.5 Å². The summed E-state index contributed by atoms with van der Waals surface area (Å²) in [5.41, 5.74) is 0.751. The van der Waals surface area contributed by atoms with Crippen LogP contribution in [0, 0.1) is 0 Å². The minimum absolute atomic E-state index is 0.179. The number of nitrogens with zero attached hydrogens (tertiary/aromatic N) is 2. The maximum Gasteiger partial charge on any atom is 0.254 e. The highest BCUT2D eigenvalue weighted by molar-refractivity contribution is 9.10. The zero-order chi connectivity index (χ0) is 23.0. The Balaban J connectivity index is 0.00000166. The predicted molar refractivity (Wildman–Crippen MR) is 122 cm³/mol. The summed E-state index contributed by atoms with van der Waals surface area (Å²) >= 11 is 3.32. The first-order chi connectivity index (χ1) is 15.0. The number of hydrogen-bond donors (Lipinski definition) is 0. The van der Waals surface area contributed by atoms with E-state index in [0.717, 1.165) is 12.8 Å². The molecule has 1 unspecified atom stereocenters. The summed E-state index contributed by atoms with van der Waals surface area (Å²) in [6, 6.07) is 7.77. The molecule has 2 aromatic rings. The topological polar surface area (TPSA) is 78.0 Å². The Morgan fingerprint density at radius 1 is 0.968 bits per heavy atom. The summed E-state index contributed by atoms with van der Waals surface area (Å²) < 4.78 is 16.2. The van der Waals surface area contributed by atoms with E-state index in [1.807, 2.05) is 13.8 Å². The fourth-order valence-corrected chi connectivity index (χ4v) is 3.95.